The lowest BCUT2D eigenvalue weighted by Gasteiger charge is -2.35. The summed E-state index contributed by atoms with van der Waals surface area (Å²) in [5, 5.41) is 0.766. The Hall–Kier alpha value is -0.580. The van der Waals surface area contributed by atoms with Crippen LogP contribution >= 0.6 is 27.5 Å². The van der Waals surface area contributed by atoms with Crippen LogP contribution in [0.4, 0.5) is 0 Å². The second-order valence-electron chi connectivity index (χ2n) is 5.14. The first-order valence-electron chi connectivity index (χ1n) is 6.85. The average Bonchev–Trinajstić information content (AvgIpc) is 2.43. The third-order valence-corrected chi connectivity index (χ3v) is 4.61. The first-order valence-corrected chi connectivity index (χ1v) is 8.02. The van der Waals surface area contributed by atoms with Crippen molar-refractivity contribution < 1.29 is 9.53 Å². The Labute approximate surface area is 133 Å². The molecule has 1 aromatic carbocycles. The molecule has 20 heavy (non-hydrogen) atoms. The zero-order chi connectivity index (χ0) is 14.5. The number of benzene rings is 1. The van der Waals surface area contributed by atoms with Gasteiger partial charge in [0, 0.05) is 22.1 Å². The van der Waals surface area contributed by atoms with E-state index in [9.17, 15) is 4.79 Å². The highest BCUT2D eigenvalue weighted by Crippen LogP contribution is 2.27. The molecule has 1 atom stereocenters. The average molecular weight is 361 g/mol. The van der Waals surface area contributed by atoms with Crippen molar-refractivity contribution in [3.05, 3.63) is 33.3 Å². The fourth-order valence-corrected chi connectivity index (χ4v) is 3.38. The molecule has 5 heteroatoms. The van der Waals surface area contributed by atoms with Crippen molar-refractivity contribution >= 4 is 33.5 Å². The van der Waals surface area contributed by atoms with Crippen LogP contribution in [-0.4, -0.2) is 30.6 Å². The molecule has 0 radical (unpaired) electrons. The molecule has 1 aliphatic rings. The van der Waals surface area contributed by atoms with Gasteiger partial charge >= 0.3 is 5.97 Å². The van der Waals surface area contributed by atoms with Gasteiger partial charge in [-0.05, 0) is 37.1 Å². The lowest BCUT2D eigenvalue weighted by Crippen LogP contribution is -2.40. The molecule has 1 unspecified atom stereocenters. The standard InChI is InChI=1S/C15H19BrClNO2/c1-20-15(19)9-13-4-2-3-7-18(13)10-11-5-6-12(16)8-14(11)17/h5-6,8,13H,2-4,7,9-10H2,1H3. The third kappa shape index (κ3) is 4.21. The van der Waals surface area contributed by atoms with Gasteiger partial charge in [0.05, 0.1) is 13.5 Å². The number of halogens is 2. The maximum Gasteiger partial charge on any atom is 0.307 e. The highest BCUT2D eigenvalue weighted by Gasteiger charge is 2.25. The molecule has 0 aliphatic carbocycles. The van der Waals surface area contributed by atoms with Gasteiger partial charge in [0.15, 0.2) is 0 Å². The molecule has 0 amide bonds. The van der Waals surface area contributed by atoms with E-state index in [0.29, 0.717) is 6.42 Å². The molecule has 110 valence electrons. The van der Waals surface area contributed by atoms with Crippen LogP contribution in [0.2, 0.25) is 5.02 Å². The Balaban J connectivity index is 2.06. The van der Waals surface area contributed by atoms with E-state index in [1.165, 1.54) is 20.0 Å². The molecule has 0 N–H and O–H groups in total. The Morgan fingerprint density at radius 1 is 1.50 bits per heavy atom. The summed E-state index contributed by atoms with van der Waals surface area (Å²) in [5.74, 6) is -0.135. The Kier molecular flexibility index (Phi) is 5.87. The lowest BCUT2D eigenvalue weighted by atomic mass is 9.98. The SMILES string of the molecule is COC(=O)CC1CCCCN1Cc1ccc(Br)cc1Cl. The van der Waals surface area contributed by atoms with E-state index < -0.39 is 0 Å². The van der Waals surface area contributed by atoms with Crippen LogP contribution in [0.1, 0.15) is 31.2 Å². The molecule has 3 nitrogen and oxygen atoms in total. The number of likely N-dealkylation sites (tertiary alicyclic amines) is 1. The number of carbonyl (C=O) groups excluding carboxylic acids is 1. The van der Waals surface area contributed by atoms with Gasteiger partial charge in [0.25, 0.3) is 0 Å². The van der Waals surface area contributed by atoms with Crippen LogP contribution in [-0.2, 0) is 16.1 Å². The van der Waals surface area contributed by atoms with Crippen LogP contribution in [0, 0.1) is 0 Å². The molecular weight excluding hydrogens is 342 g/mol. The molecule has 0 aromatic heterocycles. The summed E-state index contributed by atoms with van der Waals surface area (Å²) in [6.45, 7) is 1.79. The third-order valence-electron chi connectivity index (χ3n) is 3.77. The first kappa shape index (κ1) is 15.8. The minimum absolute atomic E-state index is 0.135. The number of ether oxygens (including phenoxy) is 1. The number of hydrogen-bond acceptors (Lipinski definition) is 3. The summed E-state index contributed by atoms with van der Waals surface area (Å²) < 4.78 is 5.78. The molecular formula is C15H19BrClNO2. The normalized spacial score (nSPS) is 19.9. The summed E-state index contributed by atoms with van der Waals surface area (Å²) >= 11 is 9.70. The van der Waals surface area contributed by atoms with E-state index in [4.69, 9.17) is 16.3 Å². The fourth-order valence-electron chi connectivity index (χ4n) is 2.64. The second kappa shape index (κ2) is 7.43. The van der Waals surface area contributed by atoms with Crippen LogP contribution in [0.3, 0.4) is 0 Å². The predicted octanol–water partition coefficient (Wildman–Crippen LogP) is 4.02. The molecule has 0 spiro atoms. The zero-order valence-corrected chi connectivity index (χ0v) is 13.9. The van der Waals surface area contributed by atoms with E-state index >= 15 is 0 Å². The van der Waals surface area contributed by atoms with Crippen molar-refractivity contribution in [3.8, 4) is 0 Å². The van der Waals surface area contributed by atoms with Gasteiger partial charge in [-0.15, -0.1) is 0 Å². The number of methoxy groups -OCH3 is 1. The fraction of sp³-hybridized carbons (Fsp3) is 0.533. The summed E-state index contributed by atoms with van der Waals surface area (Å²) in [7, 11) is 1.45. The van der Waals surface area contributed by atoms with Gasteiger partial charge in [-0.1, -0.05) is 40.0 Å². The molecule has 1 fully saturated rings. The van der Waals surface area contributed by atoms with Gasteiger partial charge in [0.1, 0.15) is 0 Å². The Bertz CT molecular complexity index is 481. The van der Waals surface area contributed by atoms with Crippen LogP contribution in [0.5, 0.6) is 0 Å². The topological polar surface area (TPSA) is 29.5 Å². The minimum Gasteiger partial charge on any atom is -0.469 e. The number of carbonyl (C=O) groups is 1. The molecule has 0 bridgehead atoms. The van der Waals surface area contributed by atoms with Gasteiger partial charge in [-0.25, -0.2) is 0 Å². The lowest BCUT2D eigenvalue weighted by molar-refractivity contribution is -0.142. The van der Waals surface area contributed by atoms with Crippen molar-refractivity contribution in [1.29, 1.82) is 0 Å². The van der Waals surface area contributed by atoms with Crippen molar-refractivity contribution in [2.45, 2.75) is 38.3 Å². The predicted molar refractivity (Wildman–Crippen MR) is 83.8 cm³/mol. The van der Waals surface area contributed by atoms with Gasteiger partial charge < -0.3 is 4.74 Å². The molecule has 1 aromatic rings. The second-order valence-corrected chi connectivity index (χ2v) is 6.46. The largest absolute Gasteiger partial charge is 0.469 e. The number of hydrogen-bond donors (Lipinski definition) is 0. The number of piperidine rings is 1. The molecule has 1 aliphatic heterocycles. The Morgan fingerprint density at radius 2 is 2.30 bits per heavy atom. The van der Waals surface area contributed by atoms with E-state index in [1.807, 2.05) is 18.2 Å². The van der Waals surface area contributed by atoms with Crippen LogP contribution in [0.15, 0.2) is 22.7 Å². The highest BCUT2D eigenvalue weighted by molar-refractivity contribution is 9.10. The van der Waals surface area contributed by atoms with Crippen LogP contribution in [0.25, 0.3) is 0 Å². The highest BCUT2D eigenvalue weighted by atomic mass is 79.9. The number of esters is 1. The number of nitrogens with zero attached hydrogens (tertiary/aromatic N) is 1. The summed E-state index contributed by atoms with van der Waals surface area (Å²) in [6, 6.07) is 6.21. The number of rotatable bonds is 4. The summed E-state index contributed by atoms with van der Waals surface area (Å²) in [5.41, 5.74) is 1.10. The molecule has 1 heterocycles. The van der Waals surface area contributed by atoms with E-state index in [2.05, 4.69) is 20.8 Å². The summed E-state index contributed by atoms with van der Waals surface area (Å²) in [6.07, 6.45) is 3.85. The Morgan fingerprint density at radius 3 is 3.00 bits per heavy atom. The van der Waals surface area contributed by atoms with Gasteiger partial charge in [-0.3, -0.25) is 9.69 Å². The van der Waals surface area contributed by atoms with E-state index in [1.54, 1.807) is 0 Å². The monoisotopic (exact) mass is 359 g/mol. The van der Waals surface area contributed by atoms with Crippen molar-refractivity contribution in [2.75, 3.05) is 13.7 Å². The smallest absolute Gasteiger partial charge is 0.307 e. The molecule has 0 saturated carbocycles. The van der Waals surface area contributed by atoms with Gasteiger partial charge in [-0.2, -0.15) is 0 Å². The molecule has 1 saturated heterocycles. The van der Waals surface area contributed by atoms with E-state index in [-0.39, 0.29) is 12.0 Å². The molecule has 2 rings (SSSR count). The quantitative estimate of drug-likeness (QED) is 0.760. The first-order chi connectivity index (χ1) is 9.60. The van der Waals surface area contributed by atoms with Crippen molar-refractivity contribution in [1.82, 2.24) is 4.90 Å². The van der Waals surface area contributed by atoms with Crippen LogP contribution < -0.4 is 0 Å². The maximum absolute atomic E-state index is 11.5. The zero-order valence-electron chi connectivity index (χ0n) is 11.6. The van der Waals surface area contributed by atoms with Gasteiger partial charge in [0.2, 0.25) is 0 Å². The van der Waals surface area contributed by atoms with Crippen molar-refractivity contribution in [3.63, 3.8) is 0 Å². The van der Waals surface area contributed by atoms with E-state index in [0.717, 1.165) is 34.6 Å². The maximum atomic E-state index is 11.5. The van der Waals surface area contributed by atoms with Crippen molar-refractivity contribution in [2.24, 2.45) is 0 Å². The summed E-state index contributed by atoms with van der Waals surface area (Å²) in [4.78, 5) is 13.9. The minimum atomic E-state index is -0.135.